The molecule has 1 aliphatic heterocycles. The molecule has 2 aliphatic rings. The Morgan fingerprint density at radius 3 is 2.40 bits per heavy atom. The lowest BCUT2D eigenvalue weighted by Crippen LogP contribution is -2.48. The molecule has 188 valence electrons. The molecule has 0 amide bonds. The molecule has 0 aromatic carbocycles. The number of alkyl halides is 6. The summed E-state index contributed by atoms with van der Waals surface area (Å²) >= 11 is 0. The van der Waals surface area contributed by atoms with Crippen molar-refractivity contribution in [1.29, 1.82) is 0 Å². The number of fused-ring (bicyclic) bond motifs is 3. The van der Waals surface area contributed by atoms with Crippen molar-refractivity contribution in [3.8, 4) is 5.75 Å². The van der Waals surface area contributed by atoms with E-state index in [9.17, 15) is 26.3 Å². The zero-order valence-electron chi connectivity index (χ0n) is 18.4. The van der Waals surface area contributed by atoms with Gasteiger partial charge < -0.3 is 15.0 Å². The lowest BCUT2D eigenvalue weighted by molar-refractivity contribution is -0.153. The van der Waals surface area contributed by atoms with Crippen LogP contribution in [-0.4, -0.2) is 56.5 Å². The Bertz CT molecular complexity index is 1210. The number of hydrogen-bond acceptors (Lipinski definition) is 7. The number of piperidine rings is 1. The van der Waals surface area contributed by atoms with E-state index in [-0.39, 0.29) is 23.8 Å². The van der Waals surface area contributed by atoms with Gasteiger partial charge in [-0.15, -0.1) is 5.10 Å². The van der Waals surface area contributed by atoms with Crippen LogP contribution in [0.1, 0.15) is 24.2 Å². The second-order valence-electron chi connectivity index (χ2n) is 8.85. The van der Waals surface area contributed by atoms with Gasteiger partial charge in [0, 0.05) is 30.9 Å². The van der Waals surface area contributed by atoms with Gasteiger partial charge in [-0.05, 0) is 43.7 Å². The van der Waals surface area contributed by atoms with E-state index < -0.39 is 36.1 Å². The number of nitrogens with zero attached hydrogens (tertiary/aromatic N) is 6. The molecule has 14 heteroatoms. The molecule has 0 radical (unpaired) electrons. The molecule has 2 bridgehead atoms. The topological polar surface area (TPSA) is 80.5 Å². The highest BCUT2D eigenvalue weighted by Gasteiger charge is 2.43. The van der Waals surface area contributed by atoms with Crippen LogP contribution in [0.25, 0.3) is 5.65 Å². The van der Waals surface area contributed by atoms with Crippen LogP contribution in [0.4, 0.5) is 38.1 Å². The first-order valence-electron chi connectivity index (χ1n) is 10.9. The van der Waals surface area contributed by atoms with E-state index in [1.54, 1.807) is 0 Å². The molecule has 1 saturated carbocycles. The minimum absolute atomic E-state index is 0.0909. The molecule has 3 aromatic rings. The van der Waals surface area contributed by atoms with Gasteiger partial charge >= 0.3 is 12.4 Å². The van der Waals surface area contributed by atoms with Crippen LogP contribution in [-0.2, 0) is 6.18 Å². The van der Waals surface area contributed by atoms with Crippen molar-refractivity contribution in [2.75, 3.05) is 29.9 Å². The number of halogens is 6. The van der Waals surface area contributed by atoms with Gasteiger partial charge in [0.2, 0.25) is 5.95 Å². The molecule has 1 unspecified atom stereocenters. The molecule has 3 atom stereocenters. The van der Waals surface area contributed by atoms with E-state index >= 15 is 0 Å². The Morgan fingerprint density at radius 1 is 1.06 bits per heavy atom. The van der Waals surface area contributed by atoms with Gasteiger partial charge in [-0.1, -0.05) is 0 Å². The Kier molecular flexibility index (Phi) is 5.63. The Morgan fingerprint density at radius 2 is 1.77 bits per heavy atom. The zero-order valence-corrected chi connectivity index (χ0v) is 18.4. The first kappa shape index (κ1) is 23.4. The van der Waals surface area contributed by atoms with Gasteiger partial charge in [-0.25, -0.2) is 14.5 Å². The minimum atomic E-state index is -4.79. The number of aryl methyl sites for hydroxylation is 1. The summed E-state index contributed by atoms with van der Waals surface area (Å²) in [6, 6.07) is 3.26. The van der Waals surface area contributed by atoms with Gasteiger partial charge in [0.25, 0.3) is 0 Å². The molecule has 3 aromatic heterocycles. The number of nitrogens with one attached hydrogen (secondary N) is 1. The normalized spacial score (nSPS) is 22.6. The predicted octanol–water partition coefficient (Wildman–Crippen LogP) is 4.11. The lowest BCUT2D eigenvalue weighted by Gasteiger charge is -2.38. The molecule has 8 nitrogen and oxygen atoms in total. The third-order valence-electron chi connectivity index (χ3n) is 6.37. The van der Waals surface area contributed by atoms with Crippen LogP contribution in [0.5, 0.6) is 5.75 Å². The summed E-state index contributed by atoms with van der Waals surface area (Å²) in [5.41, 5.74) is -0.752. The Labute approximate surface area is 195 Å². The smallest absolute Gasteiger partial charge is 0.433 e. The standard InChI is InChI=1S/C21H21F6N7O/c1-11-6-16(29-10-28-11)33-7-12-2-3-13(8-33)17(12)30-19-31-18-14(35-9-20(22,23)24)4-5-15(21(25,26)27)34(18)32-19/h4-6,10,12-13,17H,2-3,7-9H2,1H3,(H,30,32)/t12-,13+,17?. The maximum Gasteiger partial charge on any atom is 0.433 e. The van der Waals surface area contributed by atoms with Crippen LogP contribution in [0.3, 0.4) is 0 Å². The average molecular weight is 501 g/mol. The fourth-order valence-electron chi connectivity index (χ4n) is 4.90. The maximum atomic E-state index is 13.5. The maximum absolute atomic E-state index is 13.5. The molecule has 0 spiro atoms. The summed E-state index contributed by atoms with van der Waals surface area (Å²) < 4.78 is 83.6. The summed E-state index contributed by atoms with van der Waals surface area (Å²) in [5.74, 6) is 0.622. The van der Waals surface area contributed by atoms with Crippen LogP contribution >= 0.6 is 0 Å². The summed E-state index contributed by atoms with van der Waals surface area (Å²) in [6.07, 6.45) is -6.12. The van der Waals surface area contributed by atoms with Crippen LogP contribution in [0.2, 0.25) is 0 Å². The summed E-state index contributed by atoms with van der Waals surface area (Å²) in [6.45, 7) is 1.59. The highest BCUT2D eigenvalue weighted by molar-refractivity contribution is 5.57. The first-order chi connectivity index (χ1) is 16.5. The average Bonchev–Trinajstić information content (AvgIpc) is 3.27. The fraction of sp³-hybridized carbons (Fsp3) is 0.524. The Balaban J connectivity index is 1.40. The van der Waals surface area contributed by atoms with E-state index in [1.165, 1.54) is 6.33 Å². The number of pyridine rings is 1. The fourth-order valence-corrected chi connectivity index (χ4v) is 4.90. The van der Waals surface area contributed by atoms with Crippen molar-refractivity contribution in [1.82, 2.24) is 24.6 Å². The van der Waals surface area contributed by atoms with Crippen molar-refractivity contribution < 1.29 is 31.1 Å². The van der Waals surface area contributed by atoms with Crippen LogP contribution in [0.15, 0.2) is 24.5 Å². The third kappa shape index (κ3) is 4.78. The van der Waals surface area contributed by atoms with Crippen molar-refractivity contribution in [2.24, 2.45) is 11.8 Å². The van der Waals surface area contributed by atoms with Crippen LogP contribution < -0.4 is 15.0 Å². The summed E-state index contributed by atoms with van der Waals surface area (Å²) in [7, 11) is 0. The number of anilines is 2. The number of rotatable bonds is 5. The largest absolute Gasteiger partial charge is 0.480 e. The van der Waals surface area contributed by atoms with Crippen molar-refractivity contribution >= 4 is 17.4 Å². The predicted molar refractivity (Wildman–Crippen MR) is 112 cm³/mol. The van der Waals surface area contributed by atoms with E-state index in [0.717, 1.165) is 30.4 Å². The zero-order chi connectivity index (χ0) is 25.0. The van der Waals surface area contributed by atoms with Gasteiger partial charge in [-0.3, -0.25) is 0 Å². The van der Waals surface area contributed by atoms with Gasteiger partial charge in [0.1, 0.15) is 17.8 Å². The minimum Gasteiger partial charge on any atom is -0.480 e. The van der Waals surface area contributed by atoms with Crippen molar-refractivity contribution in [3.63, 3.8) is 0 Å². The Hall–Kier alpha value is -3.32. The van der Waals surface area contributed by atoms with Crippen molar-refractivity contribution in [3.05, 3.63) is 35.9 Å². The van der Waals surface area contributed by atoms with Gasteiger partial charge in [0.15, 0.2) is 18.0 Å². The van der Waals surface area contributed by atoms with Crippen LogP contribution in [0, 0.1) is 18.8 Å². The molecule has 35 heavy (non-hydrogen) atoms. The van der Waals surface area contributed by atoms with Gasteiger partial charge in [0.05, 0.1) is 0 Å². The number of aromatic nitrogens is 5. The first-order valence-corrected chi connectivity index (χ1v) is 10.9. The lowest BCUT2D eigenvalue weighted by atomic mass is 9.92. The molecule has 2 fully saturated rings. The monoisotopic (exact) mass is 501 g/mol. The SMILES string of the molecule is Cc1cc(N2C[C@H]3CC[C@@H](C2)C3Nc2nc3c(OCC(F)(F)F)ccc(C(F)(F)F)n3n2)ncn1. The molecule has 4 heterocycles. The number of hydrogen-bond donors (Lipinski definition) is 1. The molecular weight excluding hydrogens is 480 g/mol. The second-order valence-corrected chi connectivity index (χ2v) is 8.85. The summed E-state index contributed by atoms with van der Waals surface area (Å²) in [5, 5.41) is 7.09. The highest BCUT2D eigenvalue weighted by Crippen LogP contribution is 2.40. The highest BCUT2D eigenvalue weighted by atomic mass is 19.4. The molecule has 1 aliphatic carbocycles. The quantitative estimate of drug-likeness (QED) is 0.527. The van der Waals surface area contributed by atoms with Crippen molar-refractivity contribution in [2.45, 2.75) is 38.2 Å². The summed E-state index contributed by atoms with van der Waals surface area (Å²) in [4.78, 5) is 14.7. The van der Waals surface area contributed by atoms with E-state index in [1.807, 2.05) is 13.0 Å². The molecular formula is C21H21F6N7O. The molecule has 5 rings (SSSR count). The third-order valence-corrected chi connectivity index (χ3v) is 6.37. The second kappa shape index (κ2) is 8.41. The number of ether oxygens (including phenoxy) is 1. The molecule has 1 saturated heterocycles. The van der Waals surface area contributed by atoms with E-state index in [4.69, 9.17) is 4.74 Å². The van der Waals surface area contributed by atoms with E-state index in [0.29, 0.717) is 23.7 Å². The molecule has 1 N–H and O–H groups in total. The van der Waals surface area contributed by atoms with E-state index in [2.05, 4.69) is 30.3 Å². The van der Waals surface area contributed by atoms with Gasteiger partial charge in [-0.2, -0.15) is 31.3 Å².